The van der Waals surface area contributed by atoms with Gasteiger partial charge in [-0.05, 0) is 24.9 Å². The fourth-order valence-electron chi connectivity index (χ4n) is 0.526. The molecule has 0 saturated heterocycles. The molecule has 0 aliphatic rings. The molecule has 1 atom stereocenters. The van der Waals surface area contributed by atoms with Gasteiger partial charge < -0.3 is 10.3 Å². The molecular formula is C5H8NO3S-. The van der Waals surface area contributed by atoms with E-state index in [1.165, 1.54) is 6.92 Å². The summed E-state index contributed by atoms with van der Waals surface area (Å²) in [5, 5.41) is 0. The summed E-state index contributed by atoms with van der Waals surface area (Å²) < 4.78 is 20.4. The quantitative estimate of drug-likeness (QED) is 0.444. The summed E-state index contributed by atoms with van der Waals surface area (Å²) in [5.41, 5.74) is 5.13. The Morgan fingerprint density at radius 2 is 1.90 bits per heavy atom. The zero-order chi connectivity index (χ0) is 8.31. The van der Waals surface area contributed by atoms with E-state index in [1.807, 2.05) is 0 Å². The van der Waals surface area contributed by atoms with Crippen molar-refractivity contribution in [2.75, 3.05) is 0 Å². The molecule has 0 saturated carbocycles. The summed E-state index contributed by atoms with van der Waals surface area (Å²) in [4.78, 5) is 10.2. The van der Waals surface area contributed by atoms with Gasteiger partial charge in [-0.15, -0.1) is 0 Å². The highest BCUT2D eigenvalue weighted by atomic mass is 32.2. The first-order chi connectivity index (χ1) is 4.46. The number of rotatable bonds is 2. The lowest BCUT2D eigenvalue weighted by atomic mass is 10.3. The van der Waals surface area contributed by atoms with Crippen molar-refractivity contribution in [1.82, 2.24) is 0 Å². The largest absolute Gasteiger partial charge is 0.768 e. The zero-order valence-corrected chi connectivity index (χ0v) is 6.53. The van der Waals surface area contributed by atoms with Crippen molar-refractivity contribution >= 4 is 16.9 Å². The Morgan fingerprint density at radius 3 is 1.90 bits per heavy atom. The van der Waals surface area contributed by atoms with Crippen molar-refractivity contribution in [3.05, 3.63) is 10.6 Å². The highest BCUT2D eigenvalue weighted by Gasteiger charge is 2.05. The van der Waals surface area contributed by atoms with Gasteiger partial charge in [0, 0.05) is 5.70 Å². The van der Waals surface area contributed by atoms with E-state index < -0.39 is 16.9 Å². The third-order valence-corrected chi connectivity index (χ3v) is 1.79. The van der Waals surface area contributed by atoms with Crippen LogP contribution in [-0.4, -0.2) is 14.5 Å². The minimum absolute atomic E-state index is 0.0285. The minimum Gasteiger partial charge on any atom is -0.768 e. The third-order valence-electron chi connectivity index (χ3n) is 0.845. The topological polar surface area (TPSA) is 83.2 Å². The van der Waals surface area contributed by atoms with Crippen molar-refractivity contribution in [2.45, 2.75) is 13.8 Å². The number of carbonyl (C=O) groups excluding carboxylic acids is 1. The van der Waals surface area contributed by atoms with Crippen LogP contribution >= 0.6 is 0 Å². The number of nitrogens with two attached hydrogens (primary N) is 1. The fourth-order valence-corrected chi connectivity index (χ4v) is 1.02. The molecule has 0 aromatic rings. The first-order valence-electron chi connectivity index (χ1n) is 2.53. The van der Waals surface area contributed by atoms with Gasteiger partial charge in [-0.3, -0.25) is 9.00 Å². The zero-order valence-electron chi connectivity index (χ0n) is 5.71. The predicted molar refractivity (Wildman–Crippen MR) is 36.5 cm³/mol. The van der Waals surface area contributed by atoms with E-state index in [0.717, 1.165) is 6.92 Å². The number of Topliss-reactive ketones (excluding diaryl/α,β-unsaturated/α-hetero) is 1. The van der Waals surface area contributed by atoms with Crippen LogP contribution in [0.3, 0.4) is 0 Å². The lowest BCUT2D eigenvalue weighted by Gasteiger charge is -2.07. The summed E-state index contributed by atoms with van der Waals surface area (Å²) in [6.07, 6.45) is 0. The molecule has 0 amide bonds. The highest BCUT2D eigenvalue weighted by Crippen LogP contribution is 2.03. The summed E-state index contributed by atoms with van der Waals surface area (Å²) in [6.45, 7) is 2.52. The van der Waals surface area contributed by atoms with Gasteiger partial charge in [0.05, 0.1) is 4.91 Å². The first kappa shape index (κ1) is 9.32. The summed E-state index contributed by atoms with van der Waals surface area (Å²) in [6, 6.07) is 0. The van der Waals surface area contributed by atoms with Crippen LogP contribution in [0.2, 0.25) is 0 Å². The molecule has 0 rings (SSSR count). The van der Waals surface area contributed by atoms with Crippen LogP contribution in [0.25, 0.3) is 0 Å². The highest BCUT2D eigenvalue weighted by molar-refractivity contribution is 7.84. The Morgan fingerprint density at radius 1 is 1.50 bits per heavy atom. The summed E-state index contributed by atoms with van der Waals surface area (Å²) in [5.74, 6) is -0.534. The standard InChI is InChI=1S/C5H9NO3S/c1-3(6)5(4(2)7)10(8)9/h6H2,1-2H3,(H,8,9)/p-1/b5-3+. The SMILES string of the molecule is CC(=O)/C(=C(/C)N)S(=O)[O-]. The van der Waals surface area contributed by atoms with Gasteiger partial charge in [-0.25, -0.2) is 0 Å². The van der Waals surface area contributed by atoms with Crippen LogP contribution in [0.15, 0.2) is 10.6 Å². The number of allylic oxidation sites excluding steroid dienone is 2. The molecule has 0 spiro atoms. The summed E-state index contributed by atoms with van der Waals surface area (Å²) >= 11 is -2.51. The molecule has 0 fully saturated rings. The second-order valence-electron chi connectivity index (χ2n) is 1.80. The van der Waals surface area contributed by atoms with E-state index in [2.05, 4.69) is 0 Å². The second kappa shape index (κ2) is 3.48. The summed E-state index contributed by atoms with van der Waals surface area (Å²) in [7, 11) is 0. The molecule has 0 bridgehead atoms. The smallest absolute Gasteiger partial charge is 0.169 e. The van der Waals surface area contributed by atoms with Crippen molar-refractivity contribution in [3.8, 4) is 0 Å². The maximum atomic E-state index is 10.5. The molecule has 4 nitrogen and oxygen atoms in total. The second-order valence-corrected chi connectivity index (χ2v) is 2.68. The minimum atomic E-state index is -2.51. The van der Waals surface area contributed by atoms with Gasteiger partial charge in [0.25, 0.3) is 0 Å². The third kappa shape index (κ3) is 2.28. The molecule has 58 valence electrons. The Bertz CT molecular complexity index is 189. The lowest BCUT2D eigenvalue weighted by molar-refractivity contribution is -0.113. The van der Waals surface area contributed by atoms with Crippen LogP contribution in [0.4, 0.5) is 0 Å². The van der Waals surface area contributed by atoms with Crippen LogP contribution < -0.4 is 5.73 Å². The average molecular weight is 162 g/mol. The number of hydrogen-bond acceptors (Lipinski definition) is 4. The molecule has 0 aliphatic carbocycles. The Hall–Kier alpha value is -0.680. The molecule has 0 radical (unpaired) electrons. The molecule has 5 heteroatoms. The normalized spacial score (nSPS) is 15.9. The van der Waals surface area contributed by atoms with Crippen LogP contribution in [0.1, 0.15) is 13.8 Å². The van der Waals surface area contributed by atoms with Crippen molar-refractivity contribution in [1.29, 1.82) is 0 Å². The number of ketones is 1. The van der Waals surface area contributed by atoms with Crippen molar-refractivity contribution in [2.24, 2.45) is 5.73 Å². The maximum Gasteiger partial charge on any atom is 0.169 e. The van der Waals surface area contributed by atoms with Crippen molar-refractivity contribution in [3.63, 3.8) is 0 Å². The van der Waals surface area contributed by atoms with E-state index in [0.29, 0.717) is 0 Å². The Labute approximate surface area is 61.4 Å². The van der Waals surface area contributed by atoms with E-state index in [4.69, 9.17) is 5.73 Å². The van der Waals surface area contributed by atoms with E-state index >= 15 is 0 Å². The lowest BCUT2D eigenvalue weighted by Crippen LogP contribution is -2.10. The van der Waals surface area contributed by atoms with Gasteiger partial charge in [0.15, 0.2) is 5.78 Å². The number of carbonyl (C=O) groups is 1. The molecule has 2 N–H and O–H groups in total. The monoisotopic (exact) mass is 162 g/mol. The van der Waals surface area contributed by atoms with E-state index in [-0.39, 0.29) is 10.6 Å². The molecule has 0 aromatic carbocycles. The van der Waals surface area contributed by atoms with Gasteiger partial charge in [-0.2, -0.15) is 0 Å². The Kier molecular flexibility index (Phi) is 3.24. The molecule has 0 aromatic heterocycles. The van der Waals surface area contributed by atoms with Crippen LogP contribution in [0, 0.1) is 0 Å². The van der Waals surface area contributed by atoms with Crippen LogP contribution in [-0.2, 0) is 15.9 Å². The molecule has 1 unspecified atom stereocenters. The first-order valence-corrected chi connectivity index (χ1v) is 3.61. The van der Waals surface area contributed by atoms with Gasteiger partial charge in [0.2, 0.25) is 0 Å². The molecular weight excluding hydrogens is 154 g/mol. The molecule has 0 aliphatic heterocycles. The fraction of sp³-hybridized carbons (Fsp3) is 0.400. The van der Waals surface area contributed by atoms with Crippen LogP contribution in [0.5, 0.6) is 0 Å². The van der Waals surface area contributed by atoms with E-state index in [9.17, 15) is 13.6 Å². The molecule has 0 heterocycles. The van der Waals surface area contributed by atoms with E-state index in [1.54, 1.807) is 0 Å². The average Bonchev–Trinajstić information content (AvgIpc) is 1.59. The predicted octanol–water partition coefficient (Wildman–Crippen LogP) is -0.355. The van der Waals surface area contributed by atoms with Crippen molar-refractivity contribution < 1.29 is 13.6 Å². The Balaban J connectivity index is 4.79. The molecule has 10 heavy (non-hydrogen) atoms. The van der Waals surface area contributed by atoms with Gasteiger partial charge >= 0.3 is 0 Å². The van der Waals surface area contributed by atoms with Gasteiger partial charge in [-0.1, -0.05) is 0 Å². The maximum absolute atomic E-state index is 10.5. The van der Waals surface area contributed by atoms with Gasteiger partial charge in [0.1, 0.15) is 0 Å². The number of hydrogen-bond donors (Lipinski definition) is 1.